The van der Waals surface area contributed by atoms with Crippen LogP contribution in [0.3, 0.4) is 0 Å². The van der Waals surface area contributed by atoms with Crippen molar-refractivity contribution in [1.29, 1.82) is 0 Å². The van der Waals surface area contributed by atoms with Crippen LogP contribution < -0.4 is 11.1 Å². The molecule has 0 aliphatic heterocycles. The van der Waals surface area contributed by atoms with Crippen LogP contribution in [0.1, 0.15) is 36.3 Å². The van der Waals surface area contributed by atoms with Crippen LogP contribution >= 0.6 is 11.6 Å². The van der Waals surface area contributed by atoms with E-state index >= 15 is 0 Å². The van der Waals surface area contributed by atoms with Crippen LogP contribution in [0, 0.1) is 0 Å². The molecule has 0 saturated heterocycles. The summed E-state index contributed by atoms with van der Waals surface area (Å²) in [6.45, 7) is 0.400. The van der Waals surface area contributed by atoms with Gasteiger partial charge in [0.15, 0.2) is 11.4 Å². The Balaban J connectivity index is 1.42. The molecule has 0 radical (unpaired) electrons. The standard InChI is InChI=1S/C25H22ClF2N3O/c26-19-6-4-18(14-29)22(12-19)16-5-7-21-23(11-16)32-31-24(21)30-20-3-1-2-15(10-20)17-8-9-25(27,28)13-17/h1-7,10-12,17H,8-9,13-14,29H2,(H,30,31)/t17-/m0/s1. The summed E-state index contributed by atoms with van der Waals surface area (Å²) in [5.74, 6) is -2.12. The molecule has 1 aliphatic carbocycles. The maximum Gasteiger partial charge on any atom is 0.248 e. The molecule has 3 aromatic carbocycles. The van der Waals surface area contributed by atoms with Crippen LogP contribution in [0.15, 0.2) is 65.2 Å². The Morgan fingerprint density at radius 2 is 2.00 bits per heavy atom. The molecule has 4 aromatic rings. The molecule has 7 heteroatoms. The van der Waals surface area contributed by atoms with E-state index in [1.54, 1.807) is 0 Å². The van der Waals surface area contributed by atoms with Gasteiger partial charge in [-0.05, 0) is 71.0 Å². The maximum absolute atomic E-state index is 13.6. The SMILES string of the molecule is NCc1ccc(Cl)cc1-c1ccc2c(Nc3cccc([C@H]4CCC(F)(F)C4)c3)noc2c1. The highest BCUT2D eigenvalue weighted by molar-refractivity contribution is 6.30. The van der Waals surface area contributed by atoms with Crippen molar-refractivity contribution < 1.29 is 13.3 Å². The van der Waals surface area contributed by atoms with Crippen LogP contribution in [0.2, 0.25) is 5.02 Å². The molecular weight excluding hydrogens is 432 g/mol. The van der Waals surface area contributed by atoms with Crippen LogP contribution in [0.4, 0.5) is 20.3 Å². The minimum atomic E-state index is -2.57. The van der Waals surface area contributed by atoms with Crippen molar-refractivity contribution in [2.75, 3.05) is 5.32 Å². The Morgan fingerprint density at radius 3 is 2.78 bits per heavy atom. The Labute approximate surface area is 189 Å². The number of hydrogen-bond donors (Lipinski definition) is 2. The average Bonchev–Trinajstić information content (AvgIpc) is 3.36. The molecule has 1 saturated carbocycles. The lowest BCUT2D eigenvalue weighted by Crippen LogP contribution is -2.09. The fourth-order valence-corrected chi connectivity index (χ4v) is 4.60. The number of benzene rings is 3. The Morgan fingerprint density at radius 1 is 1.12 bits per heavy atom. The van der Waals surface area contributed by atoms with E-state index in [4.69, 9.17) is 21.9 Å². The molecule has 1 atom stereocenters. The zero-order valence-corrected chi connectivity index (χ0v) is 18.0. The van der Waals surface area contributed by atoms with E-state index in [9.17, 15) is 8.78 Å². The Hall–Kier alpha value is -2.96. The lowest BCUT2D eigenvalue weighted by molar-refractivity contribution is 0.00776. The monoisotopic (exact) mass is 453 g/mol. The van der Waals surface area contributed by atoms with E-state index in [0.29, 0.717) is 29.4 Å². The predicted molar refractivity (Wildman–Crippen MR) is 124 cm³/mol. The summed E-state index contributed by atoms with van der Waals surface area (Å²) in [6.07, 6.45) is 0.352. The number of aromatic nitrogens is 1. The number of nitrogens with two attached hydrogens (primary N) is 1. The van der Waals surface area contributed by atoms with Gasteiger partial charge in [0.1, 0.15) is 0 Å². The number of nitrogens with zero attached hydrogens (tertiary/aromatic N) is 1. The van der Waals surface area contributed by atoms with Gasteiger partial charge in [-0.1, -0.05) is 41.0 Å². The molecule has 0 unspecified atom stereocenters. The molecule has 0 amide bonds. The second-order valence-electron chi connectivity index (χ2n) is 8.29. The van der Waals surface area contributed by atoms with Gasteiger partial charge in [-0.15, -0.1) is 0 Å². The van der Waals surface area contributed by atoms with Crippen molar-refractivity contribution >= 4 is 34.1 Å². The molecule has 3 N–H and O–H groups in total. The number of alkyl halides is 2. The third-order valence-electron chi connectivity index (χ3n) is 6.10. The van der Waals surface area contributed by atoms with E-state index in [2.05, 4.69) is 10.5 Å². The molecule has 0 bridgehead atoms. The molecule has 1 aliphatic rings. The van der Waals surface area contributed by atoms with Gasteiger partial charge in [0, 0.05) is 30.1 Å². The second-order valence-corrected chi connectivity index (χ2v) is 8.73. The summed E-state index contributed by atoms with van der Waals surface area (Å²) in [5, 5.41) is 8.91. The summed E-state index contributed by atoms with van der Waals surface area (Å²) in [4.78, 5) is 0. The minimum absolute atomic E-state index is 0.0515. The van der Waals surface area contributed by atoms with Gasteiger partial charge >= 0.3 is 0 Å². The number of fused-ring (bicyclic) bond motifs is 1. The first-order chi connectivity index (χ1) is 15.4. The molecule has 32 heavy (non-hydrogen) atoms. The zero-order chi connectivity index (χ0) is 22.3. The van der Waals surface area contributed by atoms with Gasteiger partial charge in [0.25, 0.3) is 0 Å². The first kappa shape index (κ1) is 20.9. The largest absolute Gasteiger partial charge is 0.354 e. The molecule has 1 aromatic heterocycles. The van der Waals surface area contributed by atoms with Crippen molar-refractivity contribution in [2.24, 2.45) is 5.73 Å². The van der Waals surface area contributed by atoms with E-state index in [1.165, 1.54) is 0 Å². The van der Waals surface area contributed by atoms with E-state index < -0.39 is 5.92 Å². The predicted octanol–water partition coefficient (Wildman–Crippen LogP) is 7.25. The van der Waals surface area contributed by atoms with Crippen LogP contribution in [0.5, 0.6) is 0 Å². The molecule has 1 fully saturated rings. The quantitative estimate of drug-likeness (QED) is 0.334. The summed E-state index contributed by atoms with van der Waals surface area (Å²) in [7, 11) is 0. The number of nitrogens with one attached hydrogen (secondary N) is 1. The lowest BCUT2D eigenvalue weighted by Gasteiger charge is -2.13. The fourth-order valence-electron chi connectivity index (χ4n) is 4.43. The molecule has 1 heterocycles. The highest BCUT2D eigenvalue weighted by Crippen LogP contribution is 2.44. The lowest BCUT2D eigenvalue weighted by atomic mass is 9.97. The van der Waals surface area contributed by atoms with Crippen molar-refractivity contribution in [1.82, 2.24) is 5.16 Å². The summed E-state index contributed by atoms with van der Waals surface area (Å²) in [5.41, 5.74) is 11.1. The average molecular weight is 454 g/mol. The van der Waals surface area contributed by atoms with Crippen LogP contribution in [0.25, 0.3) is 22.1 Å². The summed E-state index contributed by atoms with van der Waals surface area (Å²) < 4.78 is 32.8. The molecular formula is C25H22ClF2N3O. The van der Waals surface area contributed by atoms with Gasteiger partial charge in [-0.25, -0.2) is 8.78 Å². The maximum atomic E-state index is 13.6. The van der Waals surface area contributed by atoms with E-state index in [-0.39, 0.29) is 18.8 Å². The Kier molecular flexibility index (Phi) is 5.35. The number of rotatable bonds is 5. The van der Waals surface area contributed by atoms with Crippen LogP contribution in [-0.2, 0) is 6.54 Å². The molecule has 5 rings (SSSR count). The van der Waals surface area contributed by atoms with Crippen molar-refractivity contribution in [3.8, 4) is 11.1 Å². The smallest absolute Gasteiger partial charge is 0.248 e. The normalized spacial score (nSPS) is 17.7. The molecule has 0 spiro atoms. The van der Waals surface area contributed by atoms with Crippen molar-refractivity contribution in [3.05, 3.63) is 76.8 Å². The van der Waals surface area contributed by atoms with Gasteiger partial charge in [0.05, 0.1) is 5.39 Å². The molecule has 164 valence electrons. The minimum Gasteiger partial charge on any atom is -0.354 e. The van der Waals surface area contributed by atoms with Gasteiger partial charge in [-0.2, -0.15) is 0 Å². The Bertz CT molecular complexity index is 1290. The van der Waals surface area contributed by atoms with Gasteiger partial charge in [-0.3, -0.25) is 0 Å². The highest BCUT2D eigenvalue weighted by Gasteiger charge is 2.39. The third-order valence-corrected chi connectivity index (χ3v) is 6.33. The molecule has 4 nitrogen and oxygen atoms in total. The number of anilines is 2. The first-order valence-electron chi connectivity index (χ1n) is 10.5. The van der Waals surface area contributed by atoms with E-state index in [0.717, 1.165) is 33.3 Å². The van der Waals surface area contributed by atoms with Crippen molar-refractivity contribution in [3.63, 3.8) is 0 Å². The topological polar surface area (TPSA) is 64.1 Å². The summed E-state index contributed by atoms with van der Waals surface area (Å²) >= 11 is 6.18. The van der Waals surface area contributed by atoms with E-state index in [1.807, 2.05) is 60.7 Å². The van der Waals surface area contributed by atoms with Crippen LogP contribution in [-0.4, -0.2) is 11.1 Å². The second kappa shape index (κ2) is 8.19. The first-order valence-corrected chi connectivity index (χ1v) is 10.9. The number of hydrogen-bond acceptors (Lipinski definition) is 4. The number of halogens is 3. The third kappa shape index (κ3) is 4.08. The van der Waals surface area contributed by atoms with Gasteiger partial charge in [0.2, 0.25) is 5.92 Å². The fraction of sp³-hybridized carbons (Fsp3) is 0.240. The van der Waals surface area contributed by atoms with Gasteiger partial charge < -0.3 is 15.6 Å². The van der Waals surface area contributed by atoms with Crippen molar-refractivity contribution in [2.45, 2.75) is 37.6 Å². The zero-order valence-electron chi connectivity index (χ0n) is 17.2. The summed E-state index contributed by atoms with van der Waals surface area (Å²) in [6, 6.07) is 19.1. The highest BCUT2D eigenvalue weighted by atomic mass is 35.5.